The van der Waals surface area contributed by atoms with E-state index < -0.39 is 40.0 Å². The van der Waals surface area contributed by atoms with Crippen molar-refractivity contribution in [1.29, 1.82) is 0 Å². The number of halogens is 4. The van der Waals surface area contributed by atoms with Gasteiger partial charge in [0.1, 0.15) is 25.6 Å². The molecule has 1 aliphatic heterocycles. The number of carbonyl (C=O) groups is 1. The predicted molar refractivity (Wildman–Crippen MR) is 118 cm³/mol. The molecule has 184 valence electrons. The molecule has 1 aliphatic rings. The third-order valence-corrected chi connectivity index (χ3v) is 6.75. The molecule has 12 heteroatoms. The van der Waals surface area contributed by atoms with Crippen molar-refractivity contribution >= 4 is 27.3 Å². The van der Waals surface area contributed by atoms with Gasteiger partial charge in [0, 0.05) is 11.8 Å². The van der Waals surface area contributed by atoms with Crippen LogP contribution in [0.15, 0.2) is 71.6 Å². The molecule has 1 heterocycles. The fourth-order valence-electron chi connectivity index (χ4n) is 3.34. The van der Waals surface area contributed by atoms with E-state index in [1.54, 1.807) is 0 Å². The maximum atomic E-state index is 13.5. The molecule has 1 amide bonds. The largest absolute Gasteiger partial charge is 0.486 e. The Bertz CT molecular complexity index is 1340. The first-order valence-electron chi connectivity index (χ1n) is 10.2. The van der Waals surface area contributed by atoms with Crippen molar-refractivity contribution in [2.24, 2.45) is 0 Å². The number of alkyl halides is 3. The van der Waals surface area contributed by atoms with Crippen LogP contribution in [0.25, 0.3) is 0 Å². The van der Waals surface area contributed by atoms with Crippen molar-refractivity contribution in [3.05, 3.63) is 78.1 Å². The molecule has 4 rings (SSSR count). The minimum Gasteiger partial charge on any atom is -0.486 e. The molecule has 0 saturated heterocycles. The molecule has 0 bridgehead atoms. The highest BCUT2D eigenvalue weighted by Gasteiger charge is 2.31. The Balaban J connectivity index is 1.65. The van der Waals surface area contributed by atoms with Gasteiger partial charge in [-0.05, 0) is 54.6 Å². The van der Waals surface area contributed by atoms with E-state index in [-0.39, 0.29) is 28.6 Å². The molecule has 0 fully saturated rings. The molecular formula is C23H18F4N2O5S. The van der Waals surface area contributed by atoms with Gasteiger partial charge in [-0.2, -0.15) is 13.2 Å². The number of fused-ring (bicyclic) bond motifs is 1. The van der Waals surface area contributed by atoms with Gasteiger partial charge in [-0.25, -0.2) is 12.8 Å². The summed E-state index contributed by atoms with van der Waals surface area (Å²) in [6.07, 6.45) is -4.62. The van der Waals surface area contributed by atoms with Gasteiger partial charge in [-0.3, -0.25) is 9.10 Å². The number of amides is 1. The Morgan fingerprint density at radius 1 is 0.943 bits per heavy atom. The summed E-state index contributed by atoms with van der Waals surface area (Å²) in [7, 11) is -4.38. The van der Waals surface area contributed by atoms with Gasteiger partial charge in [-0.1, -0.05) is 6.07 Å². The number of sulfonamides is 1. The molecule has 7 nitrogen and oxygen atoms in total. The summed E-state index contributed by atoms with van der Waals surface area (Å²) in [5.74, 6) is -0.982. The Morgan fingerprint density at radius 3 is 2.31 bits per heavy atom. The van der Waals surface area contributed by atoms with E-state index in [9.17, 15) is 30.8 Å². The van der Waals surface area contributed by atoms with Crippen LogP contribution < -0.4 is 19.1 Å². The lowest BCUT2D eigenvalue weighted by Crippen LogP contribution is -2.38. The number of anilines is 2. The number of hydrogen-bond donors (Lipinski definition) is 1. The number of hydrogen-bond acceptors (Lipinski definition) is 5. The van der Waals surface area contributed by atoms with E-state index in [4.69, 9.17) is 9.47 Å². The SMILES string of the molecule is O=C(CN(c1ccc(F)cc1)S(=O)(=O)c1ccc2c(c1)OCCO2)Nc1cccc(C(F)(F)F)c1. The predicted octanol–water partition coefficient (Wildman–Crippen LogP) is 4.45. The fourth-order valence-corrected chi connectivity index (χ4v) is 4.77. The second kappa shape index (κ2) is 9.45. The van der Waals surface area contributed by atoms with Gasteiger partial charge < -0.3 is 14.8 Å². The zero-order valence-corrected chi connectivity index (χ0v) is 18.7. The van der Waals surface area contributed by atoms with Crippen molar-refractivity contribution in [2.45, 2.75) is 11.1 Å². The zero-order valence-electron chi connectivity index (χ0n) is 17.9. The van der Waals surface area contributed by atoms with Crippen LogP contribution in [-0.2, 0) is 21.0 Å². The fraction of sp³-hybridized carbons (Fsp3) is 0.174. The second-order valence-electron chi connectivity index (χ2n) is 7.42. The van der Waals surface area contributed by atoms with Gasteiger partial charge in [0.05, 0.1) is 16.1 Å². The molecule has 0 aromatic heterocycles. The average Bonchev–Trinajstić information content (AvgIpc) is 2.82. The summed E-state index contributed by atoms with van der Waals surface area (Å²) in [5, 5.41) is 2.28. The van der Waals surface area contributed by atoms with Gasteiger partial charge in [0.2, 0.25) is 5.91 Å². The summed E-state index contributed by atoms with van der Waals surface area (Å²) in [5.41, 5.74) is -1.17. The Labute approximate surface area is 197 Å². The third-order valence-electron chi connectivity index (χ3n) is 4.98. The molecule has 0 spiro atoms. The van der Waals surface area contributed by atoms with Crippen LogP contribution in [0.3, 0.4) is 0 Å². The quantitative estimate of drug-likeness (QED) is 0.496. The lowest BCUT2D eigenvalue weighted by Gasteiger charge is -2.25. The number of carbonyl (C=O) groups excluding carboxylic acids is 1. The molecule has 0 unspecified atom stereocenters. The van der Waals surface area contributed by atoms with Crippen LogP contribution >= 0.6 is 0 Å². The van der Waals surface area contributed by atoms with E-state index >= 15 is 0 Å². The van der Waals surface area contributed by atoms with Crippen LogP contribution in [0.1, 0.15) is 5.56 Å². The van der Waals surface area contributed by atoms with Gasteiger partial charge in [-0.15, -0.1) is 0 Å². The molecule has 35 heavy (non-hydrogen) atoms. The maximum Gasteiger partial charge on any atom is 0.416 e. The minimum atomic E-state index is -4.62. The van der Waals surface area contributed by atoms with Crippen LogP contribution in [0.2, 0.25) is 0 Å². The number of benzene rings is 3. The topological polar surface area (TPSA) is 84.9 Å². The first-order valence-corrected chi connectivity index (χ1v) is 11.6. The number of nitrogens with zero attached hydrogens (tertiary/aromatic N) is 1. The average molecular weight is 510 g/mol. The normalized spacial score (nSPS) is 13.3. The lowest BCUT2D eigenvalue weighted by atomic mass is 10.2. The second-order valence-corrected chi connectivity index (χ2v) is 9.28. The summed E-state index contributed by atoms with van der Waals surface area (Å²) in [4.78, 5) is 12.5. The van der Waals surface area contributed by atoms with Crippen LogP contribution in [0, 0.1) is 5.82 Å². The van der Waals surface area contributed by atoms with E-state index in [0.717, 1.165) is 34.6 Å². The lowest BCUT2D eigenvalue weighted by molar-refractivity contribution is -0.137. The number of nitrogens with one attached hydrogen (secondary N) is 1. The van der Waals surface area contributed by atoms with Crippen molar-refractivity contribution in [3.8, 4) is 11.5 Å². The summed E-state index contributed by atoms with van der Waals surface area (Å²) in [6, 6.07) is 12.2. The summed E-state index contributed by atoms with van der Waals surface area (Å²) >= 11 is 0. The minimum absolute atomic E-state index is 0.0273. The van der Waals surface area contributed by atoms with E-state index in [1.807, 2.05) is 0 Å². The highest BCUT2D eigenvalue weighted by molar-refractivity contribution is 7.92. The smallest absolute Gasteiger partial charge is 0.416 e. The van der Waals surface area contributed by atoms with Crippen LogP contribution in [0.4, 0.5) is 28.9 Å². The van der Waals surface area contributed by atoms with Crippen molar-refractivity contribution in [2.75, 3.05) is 29.4 Å². The van der Waals surface area contributed by atoms with Gasteiger partial charge >= 0.3 is 6.18 Å². The monoisotopic (exact) mass is 510 g/mol. The highest BCUT2D eigenvalue weighted by atomic mass is 32.2. The molecule has 1 N–H and O–H groups in total. The molecular weight excluding hydrogens is 492 g/mol. The van der Waals surface area contributed by atoms with Gasteiger partial charge in [0.15, 0.2) is 11.5 Å². The van der Waals surface area contributed by atoms with Crippen LogP contribution in [0.5, 0.6) is 11.5 Å². The Kier molecular flexibility index (Phi) is 6.57. The molecule has 0 atom stereocenters. The number of ether oxygens (including phenoxy) is 2. The Hall–Kier alpha value is -3.80. The van der Waals surface area contributed by atoms with Crippen molar-refractivity contribution in [1.82, 2.24) is 0 Å². The zero-order chi connectivity index (χ0) is 25.2. The third kappa shape index (κ3) is 5.48. The van der Waals surface area contributed by atoms with E-state index in [0.29, 0.717) is 12.4 Å². The standard InChI is InChI=1S/C23H18F4N2O5S/c24-16-4-6-18(7-5-16)29(14-22(30)28-17-3-1-2-15(12-17)23(25,26)27)35(31,32)19-8-9-20-21(13-19)34-11-10-33-20/h1-9,12-13H,10-11,14H2,(H,28,30). The molecule has 3 aromatic carbocycles. The molecule has 0 aliphatic carbocycles. The Morgan fingerprint density at radius 2 is 1.63 bits per heavy atom. The first kappa shape index (κ1) is 24.3. The summed E-state index contributed by atoms with van der Waals surface area (Å²) < 4.78 is 90.9. The van der Waals surface area contributed by atoms with Crippen LogP contribution in [-0.4, -0.2) is 34.1 Å². The number of rotatable bonds is 6. The maximum absolute atomic E-state index is 13.5. The molecule has 3 aromatic rings. The highest BCUT2D eigenvalue weighted by Crippen LogP contribution is 2.34. The van der Waals surface area contributed by atoms with Gasteiger partial charge in [0.25, 0.3) is 10.0 Å². The van der Waals surface area contributed by atoms with E-state index in [1.165, 1.54) is 36.4 Å². The molecule has 0 saturated carbocycles. The van der Waals surface area contributed by atoms with E-state index in [2.05, 4.69) is 5.32 Å². The summed E-state index contributed by atoms with van der Waals surface area (Å²) in [6.45, 7) is -0.271. The van der Waals surface area contributed by atoms with Crippen molar-refractivity contribution in [3.63, 3.8) is 0 Å². The molecule has 0 radical (unpaired) electrons. The first-order chi connectivity index (χ1) is 16.5. The van der Waals surface area contributed by atoms with Crippen molar-refractivity contribution < 1.29 is 40.2 Å².